The van der Waals surface area contributed by atoms with Gasteiger partial charge in [0.05, 0.1) is 11.6 Å². The quantitative estimate of drug-likeness (QED) is 0.819. The second kappa shape index (κ2) is 9.20. The summed E-state index contributed by atoms with van der Waals surface area (Å²) >= 11 is 0. The molecule has 1 saturated heterocycles. The fraction of sp³-hybridized carbons (Fsp3) is 0.364. The van der Waals surface area contributed by atoms with Gasteiger partial charge < -0.3 is 9.64 Å². The first-order valence-electron chi connectivity index (χ1n) is 9.33. The highest BCUT2D eigenvalue weighted by molar-refractivity contribution is 5.77. The molecule has 1 aliphatic rings. The Bertz CT molecular complexity index is 794. The van der Waals surface area contributed by atoms with Gasteiger partial charge in [0.1, 0.15) is 5.75 Å². The third kappa shape index (κ3) is 5.57. The Kier molecular flexibility index (Phi) is 6.45. The Morgan fingerprint density at radius 2 is 1.78 bits per heavy atom. The fourth-order valence-corrected chi connectivity index (χ4v) is 3.19. The molecule has 0 unspecified atom stereocenters. The van der Waals surface area contributed by atoms with Crippen LogP contribution in [0.4, 0.5) is 0 Å². The second-order valence-corrected chi connectivity index (χ2v) is 6.92. The molecule has 0 N–H and O–H groups in total. The van der Waals surface area contributed by atoms with Crippen molar-refractivity contribution in [3.63, 3.8) is 0 Å². The third-order valence-electron chi connectivity index (χ3n) is 4.81. The minimum atomic E-state index is 0.0378. The highest BCUT2D eigenvalue weighted by Crippen LogP contribution is 2.13. The summed E-state index contributed by atoms with van der Waals surface area (Å²) in [6.45, 7) is 6.23. The first-order chi connectivity index (χ1) is 13.1. The first-order valence-corrected chi connectivity index (χ1v) is 9.33. The molecule has 1 heterocycles. The molecule has 5 heteroatoms. The number of rotatable bonds is 5. The van der Waals surface area contributed by atoms with Crippen molar-refractivity contribution in [1.82, 2.24) is 9.80 Å². The van der Waals surface area contributed by atoms with Crippen LogP contribution in [0.5, 0.6) is 5.75 Å². The molecule has 0 atom stereocenters. The minimum Gasteiger partial charge on any atom is -0.484 e. The van der Waals surface area contributed by atoms with Crippen LogP contribution in [0.1, 0.15) is 23.1 Å². The maximum Gasteiger partial charge on any atom is 0.260 e. The van der Waals surface area contributed by atoms with Gasteiger partial charge >= 0.3 is 0 Å². The van der Waals surface area contributed by atoms with Crippen LogP contribution in [0.2, 0.25) is 0 Å². The molecule has 1 aliphatic heterocycles. The van der Waals surface area contributed by atoms with Crippen molar-refractivity contribution < 1.29 is 9.53 Å². The van der Waals surface area contributed by atoms with Gasteiger partial charge in [-0.2, -0.15) is 5.26 Å². The molecule has 140 valence electrons. The molecule has 0 saturated carbocycles. The Balaban J connectivity index is 1.47. The maximum atomic E-state index is 12.5. The van der Waals surface area contributed by atoms with Gasteiger partial charge in [-0.05, 0) is 43.2 Å². The monoisotopic (exact) mass is 363 g/mol. The largest absolute Gasteiger partial charge is 0.484 e. The zero-order valence-corrected chi connectivity index (χ0v) is 15.7. The van der Waals surface area contributed by atoms with E-state index in [9.17, 15) is 4.79 Å². The summed E-state index contributed by atoms with van der Waals surface area (Å²) in [5.74, 6) is 0.766. The van der Waals surface area contributed by atoms with Crippen LogP contribution in [0, 0.1) is 18.3 Å². The third-order valence-corrected chi connectivity index (χ3v) is 4.81. The summed E-state index contributed by atoms with van der Waals surface area (Å²) in [5, 5.41) is 8.89. The van der Waals surface area contributed by atoms with E-state index in [2.05, 4.69) is 11.0 Å². The lowest BCUT2D eigenvalue weighted by Crippen LogP contribution is -2.38. The van der Waals surface area contributed by atoms with Gasteiger partial charge in [-0.25, -0.2) is 0 Å². The van der Waals surface area contributed by atoms with E-state index in [0.717, 1.165) is 38.3 Å². The number of aryl methyl sites for hydroxylation is 1. The molecule has 1 amide bonds. The van der Waals surface area contributed by atoms with Crippen LogP contribution in [0.15, 0.2) is 48.5 Å². The molecule has 0 spiro atoms. The van der Waals surface area contributed by atoms with E-state index >= 15 is 0 Å². The van der Waals surface area contributed by atoms with Gasteiger partial charge in [-0.15, -0.1) is 0 Å². The number of hydrogen-bond donors (Lipinski definition) is 0. The molecule has 0 aromatic heterocycles. The zero-order valence-electron chi connectivity index (χ0n) is 15.7. The molecule has 0 aliphatic carbocycles. The summed E-state index contributed by atoms with van der Waals surface area (Å²) in [7, 11) is 0. The van der Waals surface area contributed by atoms with Crippen LogP contribution in [0.3, 0.4) is 0 Å². The van der Waals surface area contributed by atoms with Crippen LogP contribution in [0.25, 0.3) is 0 Å². The van der Waals surface area contributed by atoms with E-state index in [1.54, 1.807) is 0 Å². The number of nitrogens with zero attached hydrogens (tertiary/aromatic N) is 3. The number of nitriles is 1. The number of amides is 1. The van der Waals surface area contributed by atoms with Crippen LogP contribution >= 0.6 is 0 Å². The van der Waals surface area contributed by atoms with Crippen LogP contribution in [-0.2, 0) is 11.3 Å². The smallest absolute Gasteiger partial charge is 0.260 e. The molecule has 1 fully saturated rings. The van der Waals surface area contributed by atoms with Crippen molar-refractivity contribution in [2.75, 3.05) is 32.8 Å². The number of carbonyl (C=O) groups is 1. The fourth-order valence-electron chi connectivity index (χ4n) is 3.19. The summed E-state index contributed by atoms with van der Waals surface area (Å²) in [6, 6.07) is 17.6. The van der Waals surface area contributed by atoms with Crippen molar-refractivity contribution in [2.45, 2.75) is 19.9 Å². The maximum absolute atomic E-state index is 12.5. The van der Waals surface area contributed by atoms with Gasteiger partial charge in [0.25, 0.3) is 5.91 Å². The van der Waals surface area contributed by atoms with Crippen molar-refractivity contribution in [3.8, 4) is 11.8 Å². The summed E-state index contributed by atoms with van der Waals surface area (Å²) in [4.78, 5) is 16.7. The summed E-state index contributed by atoms with van der Waals surface area (Å²) in [6.07, 6.45) is 0.951. The molecule has 5 nitrogen and oxygen atoms in total. The lowest BCUT2D eigenvalue weighted by molar-refractivity contribution is -0.133. The average molecular weight is 363 g/mol. The molecule has 0 radical (unpaired) electrons. The SMILES string of the molecule is Cc1ccc(OCC(=O)N2CCCN(Cc3ccc(C#N)cc3)CC2)cc1. The van der Waals surface area contributed by atoms with E-state index in [4.69, 9.17) is 10.00 Å². The van der Waals surface area contributed by atoms with E-state index in [-0.39, 0.29) is 12.5 Å². The van der Waals surface area contributed by atoms with Gasteiger partial charge in [-0.1, -0.05) is 29.8 Å². The summed E-state index contributed by atoms with van der Waals surface area (Å²) < 4.78 is 5.63. The molecular formula is C22H25N3O2. The molecule has 0 bridgehead atoms. The van der Waals surface area contributed by atoms with E-state index in [1.165, 1.54) is 11.1 Å². The highest BCUT2D eigenvalue weighted by atomic mass is 16.5. The second-order valence-electron chi connectivity index (χ2n) is 6.92. The van der Waals surface area contributed by atoms with Gasteiger partial charge in [0, 0.05) is 32.7 Å². The predicted octanol–water partition coefficient (Wildman–Crippen LogP) is 2.98. The van der Waals surface area contributed by atoms with Crippen LogP contribution < -0.4 is 4.74 Å². The molecule has 27 heavy (non-hydrogen) atoms. The van der Waals surface area contributed by atoms with E-state index < -0.39 is 0 Å². The Morgan fingerprint density at radius 1 is 1.04 bits per heavy atom. The van der Waals surface area contributed by atoms with Crippen molar-refractivity contribution in [2.24, 2.45) is 0 Å². The number of carbonyl (C=O) groups excluding carboxylic acids is 1. The first kappa shape index (κ1) is 18.9. The normalized spacial score (nSPS) is 15.0. The van der Waals surface area contributed by atoms with Crippen molar-refractivity contribution in [1.29, 1.82) is 5.26 Å². The zero-order chi connectivity index (χ0) is 19.1. The highest BCUT2D eigenvalue weighted by Gasteiger charge is 2.19. The van der Waals surface area contributed by atoms with Crippen LogP contribution in [-0.4, -0.2) is 48.5 Å². The Morgan fingerprint density at radius 3 is 2.48 bits per heavy atom. The minimum absolute atomic E-state index is 0.0378. The van der Waals surface area contributed by atoms with Crippen molar-refractivity contribution in [3.05, 3.63) is 65.2 Å². The van der Waals surface area contributed by atoms with Crippen molar-refractivity contribution >= 4 is 5.91 Å². The average Bonchev–Trinajstić information content (AvgIpc) is 2.93. The lowest BCUT2D eigenvalue weighted by atomic mass is 10.1. The lowest BCUT2D eigenvalue weighted by Gasteiger charge is -2.22. The summed E-state index contributed by atoms with van der Waals surface area (Å²) in [5.41, 5.74) is 3.04. The molecular weight excluding hydrogens is 338 g/mol. The molecule has 2 aromatic carbocycles. The Hall–Kier alpha value is -2.84. The van der Waals surface area contributed by atoms with Gasteiger partial charge in [0.2, 0.25) is 0 Å². The van der Waals surface area contributed by atoms with Gasteiger partial charge in [0.15, 0.2) is 6.61 Å². The standard InChI is InChI=1S/C22H25N3O2/c1-18-3-9-21(10-4-18)27-17-22(26)25-12-2-11-24(13-14-25)16-20-7-5-19(15-23)6-8-20/h3-10H,2,11-14,16-17H2,1H3. The number of benzene rings is 2. The molecule has 3 rings (SSSR count). The number of hydrogen-bond acceptors (Lipinski definition) is 4. The van der Waals surface area contributed by atoms with E-state index in [0.29, 0.717) is 12.1 Å². The topological polar surface area (TPSA) is 56.6 Å². The Labute approximate surface area is 160 Å². The van der Waals surface area contributed by atoms with Gasteiger partial charge in [-0.3, -0.25) is 9.69 Å². The van der Waals surface area contributed by atoms with E-state index in [1.807, 2.05) is 60.4 Å². The number of ether oxygens (including phenoxy) is 1. The predicted molar refractivity (Wildman–Crippen MR) is 104 cm³/mol. The molecule has 2 aromatic rings.